The minimum atomic E-state index is 0.699. The minimum Gasteiger partial charge on any atom is -0.310 e. The first-order chi connectivity index (χ1) is 8.85. The van der Waals surface area contributed by atoms with Crippen molar-refractivity contribution in [1.82, 2.24) is 20.0 Å². The third-order valence-corrected chi connectivity index (χ3v) is 4.20. The lowest BCUT2D eigenvalue weighted by molar-refractivity contribution is 0.189. The predicted octanol–water partition coefficient (Wildman–Crippen LogP) is 1.62. The van der Waals surface area contributed by atoms with Gasteiger partial charge in [-0.2, -0.15) is 5.10 Å². The van der Waals surface area contributed by atoms with Gasteiger partial charge in [0.15, 0.2) is 0 Å². The van der Waals surface area contributed by atoms with Gasteiger partial charge in [0, 0.05) is 36.9 Å². The molecule has 2 aliphatic rings. The lowest BCUT2D eigenvalue weighted by Gasteiger charge is -2.32. The number of rotatable bonds is 5. The second-order valence-corrected chi connectivity index (χ2v) is 5.63. The van der Waals surface area contributed by atoms with Gasteiger partial charge in [-0.25, -0.2) is 0 Å². The third-order valence-electron chi connectivity index (χ3n) is 4.20. The molecular formula is C14H24N4. The molecule has 2 heterocycles. The molecule has 1 N–H and O–H groups in total. The Labute approximate surface area is 109 Å². The highest BCUT2D eigenvalue weighted by Gasteiger charge is 2.31. The van der Waals surface area contributed by atoms with E-state index >= 15 is 0 Å². The molecule has 0 radical (unpaired) electrons. The zero-order valence-electron chi connectivity index (χ0n) is 11.3. The van der Waals surface area contributed by atoms with Gasteiger partial charge in [-0.3, -0.25) is 4.68 Å². The lowest BCUT2D eigenvalue weighted by atomic mass is 10.0. The molecule has 2 fully saturated rings. The van der Waals surface area contributed by atoms with Crippen LogP contribution in [0.3, 0.4) is 0 Å². The van der Waals surface area contributed by atoms with Crippen LogP contribution in [0.1, 0.15) is 38.2 Å². The summed E-state index contributed by atoms with van der Waals surface area (Å²) >= 11 is 0. The van der Waals surface area contributed by atoms with Crippen LogP contribution in [0.5, 0.6) is 0 Å². The van der Waals surface area contributed by atoms with Crippen LogP contribution in [0, 0.1) is 0 Å². The summed E-state index contributed by atoms with van der Waals surface area (Å²) < 4.78 is 1.99. The normalized spacial score (nSPS) is 22.5. The molecule has 18 heavy (non-hydrogen) atoms. The van der Waals surface area contributed by atoms with E-state index in [-0.39, 0.29) is 0 Å². The molecule has 4 nitrogen and oxygen atoms in total. The summed E-state index contributed by atoms with van der Waals surface area (Å²) in [7, 11) is 0. The van der Waals surface area contributed by atoms with Crippen LogP contribution in [0.4, 0.5) is 0 Å². The summed E-state index contributed by atoms with van der Waals surface area (Å²) in [6, 6.07) is 1.64. The molecule has 1 aromatic heterocycles. The van der Waals surface area contributed by atoms with Crippen molar-refractivity contribution in [2.45, 2.75) is 57.8 Å². The number of nitrogens with zero attached hydrogens (tertiary/aromatic N) is 3. The number of nitrogens with one attached hydrogen (secondary N) is 1. The van der Waals surface area contributed by atoms with Gasteiger partial charge < -0.3 is 10.2 Å². The van der Waals surface area contributed by atoms with E-state index in [1.54, 1.807) is 0 Å². The maximum absolute atomic E-state index is 4.31. The van der Waals surface area contributed by atoms with Crippen LogP contribution in [0.25, 0.3) is 0 Å². The minimum absolute atomic E-state index is 0.699. The van der Waals surface area contributed by atoms with E-state index in [9.17, 15) is 0 Å². The van der Waals surface area contributed by atoms with Crippen LogP contribution in [0.2, 0.25) is 0 Å². The number of hydrogen-bond acceptors (Lipinski definition) is 3. The van der Waals surface area contributed by atoms with Crippen LogP contribution in [0.15, 0.2) is 12.4 Å². The predicted molar refractivity (Wildman–Crippen MR) is 72.4 cm³/mol. The van der Waals surface area contributed by atoms with Gasteiger partial charge in [0.1, 0.15) is 0 Å². The SMILES string of the molecule is CCn1cc(CNC2CCN(C3CC3)CC2)cn1. The van der Waals surface area contributed by atoms with E-state index in [0.717, 1.165) is 19.1 Å². The smallest absolute Gasteiger partial charge is 0.0534 e. The highest BCUT2D eigenvalue weighted by Crippen LogP contribution is 2.29. The van der Waals surface area contributed by atoms with Gasteiger partial charge in [-0.05, 0) is 45.7 Å². The maximum atomic E-state index is 4.31. The standard InChI is InChI=1S/C14H24N4/c1-2-18-11-12(10-16-18)9-15-13-5-7-17(8-6-13)14-3-4-14/h10-11,13-15H,2-9H2,1H3. The average molecular weight is 248 g/mol. The van der Waals surface area contributed by atoms with Crippen molar-refractivity contribution in [1.29, 1.82) is 0 Å². The molecule has 1 saturated carbocycles. The Morgan fingerprint density at radius 3 is 2.67 bits per heavy atom. The highest BCUT2D eigenvalue weighted by atomic mass is 15.3. The molecule has 0 unspecified atom stereocenters. The Balaban J connectivity index is 1.41. The van der Waals surface area contributed by atoms with Gasteiger partial charge in [0.25, 0.3) is 0 Å². The summed E-state index contributed by atoms with van der Waals surface area (Å²) in [5.74, 6) is 0. The molecule has 1 saturated heterocycles. The molecule has 0 bridgehead atoms. The summed E-state index contributed by atoms with van der Waals surface area (Å²) in [6.07, 6.45) is 9.61. The largest absolute Gasteiger partial charge is 0.310 e. The zero-order valence-corrected chi connectivity index (χ0v) is 11.3. The summed E-state index contributed by atoms with van der Waals surface area (Å²) in [5, 5.41) is 7.99. The quantitative estimate of drug-likeness (QED) is 0.859. The fraction of sp³-hybridized carbons (Fsp3) is 0.786. The van der Waals surface area contributed by atoms with Crippen molar-refractivity contribution in [2.24, 2.45) is 0 Å². The van der Waals surface area contributed by atoms with Gasteiger partial charge in [-0.1, -0.05) is 0 Å². The van der Waals surface area contributed by atoms with Crippen LogP contribution < -0.4 is 5.32 Å². The van der Waals surface area contributed by atoms with Gasteiger partial charge >= 0.3 is 0 Å². The second-order valence-electron chi connectivity index (χ2n) is 5.63. The molecule has 0 atom stereocenters. The first kappa shape index (κ1) is 12.2. The van der Waals surface area contributed by atoms with Crippen molar-refractivity contribution in [3.63, 3.8) is 0 Å². The molecule has 4 heteroatoms. The van der Waals surface area contributed by atoms with Gasteiger partial charge in [0.05, 0.1) is 6.20 Å². The zero-order chi connectivity index (χ0) is 12.4. The topological polar surface area (TPSA) is 33.1 Å². The molecule has 1 aliphatic heterocycles. The van der Waals surface area contributed by atoms with Crippen molar-refractivity contribution < 1.29 is 0 Å². The molecule has 100 valence electrons. The Kier molecular flexibility index (Phi) is 3.66. The molecular weight excluding hydrogens is 224 g/mol. The van der Waals surface area contributed by atoms with E-state index in [4.69, 9.17) is 0 Å². The first-order valence-electron chi connectivity index (χ1n) is 7.34. The Hall–Kier alpha value is -0.870. The van der Waals surface area contributed by atoms with Crippen LogP contribution in [-0.2, 0) is 13.1 Å². The van der Waals surface area contributed by atoms with Crippen molar-refractivity contribution in [2.75, 3.05) is 13.1 Å². The molecule has 3 rings (SSSR count). The molecule has 0 aromatic carbocycles. The van der Waals surface area contributed by atoms with Crippen LogP contribution in [-0.4, -0.2) is 39.9 Å². The number of likely N-dealkylation sites (tertiary alicyclic amines) is 1. The third kappa shape index (κ3) is 2.93. The highest BCUT2D eigenvalue weighted by molar-refractivity contribution is 5.03. The Morgan fingerprint density at radius 1 is 1.28 bits per heavy atom. The van der Waals surface area contributed by atoms with E-state index in [2.05, 4.69) is 28.4 Å². The summed E-state index contributed by atoms with van der Waals surface area (Å²) in [4.78, 5) is 2.67. The molecule has 0 spiro atoms. The van der Waals surface area contributed by atoms with Gasteiger partial charge in [0.2, 0.25) is 0 Å². The fourth-order valence-corrected chi connectivity index (χ4v) is 2.84. The van der Waals surface area contributed by atoms with Crippen LogP contribution >= 0.6 is 0 Å². The fourth-order valence-electron chi connectivity index (χ4n) is 2.84. The number of piperidine rings is 1. The number of aromatic nitrogens is 2. The molecule has 1 aromatic rings. The molecule has 1 aliphatic carbocycles. The first-order valence-corrected chi connectivity index (χ1v) is 7.34. The van der Waals surface area contributed by atoms with Crippen molar-refractivity contribution in [3.8, 4) is 0 Å². The van der Waals surface area contributed by atoms with Crippen molar-refractivity contribution in [3.05, 3.63) is 18.0 Å². The second kappa shape index (κ2) is 5.41. The van der Waals surface area contributed by atoms with E-state index < -0.39 is 0 Å². The van der Waals surface area contributed by atoms with E-state index in [0.29, 0.717) is 6.04 Å². The number of aryl methyl sites for hydroxylation is 1. The summed E-state index contributed by atoms with van der Waals surface area (Å²) in [5.41, 5.74) is 1.31. The summed E-state index contributed by atoms with van der Waals surface area (Å²) in [6.45, 7) is 6.62. The monoisotopic (exact) mass is 248 g/mol. The lowest BCUT2D eigenvalue weighted by Crippen LogP contribution is -2.43. The van der Waals surface area contributed by atoms with Gasteiger partial charge in [-0.15, -0.1) is 0 Å². The molecule has 0 amide bonds. The van der Waals surface area contributed by atoms with Crippen molar-refractivity contribution >= 4 is 0 Å². The maximum Gasteiger partial charge on any atom is 0.0534 e. The van der Waals surface area contributed by atoms with E-state index in [1.807, 2.05) is 10.9 Å². The number of hydrogen-bond donors (Lipinski definition) is 1. The Bertz CT molecular complexity index is 375. The van der Waals surface area contributed by atoms with E-state index in [1.165, 1.54) is 44.3 Å². The average Bonchev–Trinajstić information content (AvgIpc) is 3.16. The Morgan fingerprint density at radius 2 is 2.06 bits per heavy atom.